The summed E-state index contributed by atoms with van der Waals surface area (Å²) in [7, 11) is 0. The van der Waals surface area contributed by atoms with Crippen molar-refractivity contribution in [2.75, 3.05) is 12.4 Å². The van der Waals surface area contributed by atoms with Crippen LogP contribution < -0.4 is 9.47 Å². The first-order chi connectivity index (χ1) is 11.0. The lowest BCUT2D eigenvalue weighted by atomic mass is 10.2. The highest BCUT2D eigenvalue weighted by Crippen LogP contribution is 2.31. The first-order valence-corrected chi connectivity index (χ1v) is 7.56. The van der Waals surface area contributed by atoms with Crippen LogP contribution in [0.3, 0.4) is 0 Å². The van der Waals surface area contributed by atoms with Crippen LogP contribution in [0.1, 0.15) is 5.56 Å². The van der Waals surface area contributed by atoms with Gasteiger partial charge < -0.3 is 9.47 Å². The monoisotopic (exact) mass is 339 g/mol. The lowest BCUT2D eigenvalue weighted by molar-refractivity contribution is -0.137. The zero-order chi connectivity index (χ0) is 16.7. The first-order valence-electron chi connectivity index (χ1n) is 6.58. The Hall–Kier alpha value is -2.33. The number of nitrogens with zero attached hydrogens (tertiary/aromatic N) is 1. The summed E-state index contributed by atoms with van der Waals surface area (Å²) in [5.41, 5.74) is -0.719. The maximum atomic E-state index is 12.5. The Kier molecular flexibility index (Phi) is 5.77. The second-order valence-electron chi connectivity index (χ2n) is 4.38. The fraction of sp³-hybridized carbons (Fsp3) is 0.188. The zero-order valence-corrected chi connectivity index (χ0v) is 12.7. The molecule has 0 aromatic heterocycles. The van der Waals surface area contributed by atoms with Crippen LogP contribution in [-0.2, 0) is 6.18 Å². The van der Waals surface area contributed by atoms with E-state index >= 15 is 0 Å². The van der Waals surface area contributed by atoms with Crippen LogP contribution in [0, 0.1) is 10.7 Å². The molecule has 0 bridgehead atoms. The van der Waals surface area contributed by atoms with Crippen LogP contribution in [-0.4, -0.2) is 12.4 Å². The van der Waals surface area contributed by atoms with Crippen LogP contribution in [0.25, 0.3) is 0 Å². The van der Waals surface area contributed by atoms with Gasteiger partial charge in [0, 0.05) is 5.75 Å². The topological polar surface area (TPSA) is 42.2 Å². The summed E-state index contributed by atoms with van der Waals surface area (Å²) in [5.74, 6) is 2.00. The van der Waals surface area contributed by atoms with E-state index in [-0.39, 0.29) is 0 Å². The van der Waals surface area contributed by atoms with Gasteiger partial charge in [-0.05, 0) is 60.3 Å². The normalized spacial score (nSPS) is 10.9. The molecule has 0 heterocycles. The Balaban J connectivity index is 1.92. The Labute approximate surface area is 135 Å². The zero-order valence-electron chi connectivity index (χ0n) is 11.8. The lowest BCUT2D eigenvalue weighted by Gasteiger charge is -2.10. The summed E-state index contributed by atoms with van der Waals surface area (Å²) in [6.07, 6.45) is -4.36. The predicted octanol–water partition coefficient (Wildman–Crippen LogP) is 5.09. The molecule has 3 nitrogen and oxygen atoms in total. The molecule has 0 aliphatic carbocycles. The van der Waals surface area contributed by atoms with Crippen LogP contribution in [0.5, 0.6) is 17.2 Å². The molecular weight excluding hydrogens is 327 g/mol. The van der Waals surface area contributed by atoms with Crippen LogP contribution in [0.2, 0.25) is 0 Å². The van der Waals surface area contributed by atoms with Crippen molar-refractivity contribution < 1.29 is 22.6 Å². The number of thioether (sulfide) groups is 1. The number of nitriles is 1. The Morgan fingerprint density at radius 1 is 0.913 bits per heavy atom. The van der Waals surface area contributed by atoms with Crippen molar-refractivity contribution in [2.45, 2.75) is 6.18 Å². The second-order valence-corrected chi connectivity index (χ2v) is 5.26. The van der Waals surface area contributed by atoms with Gasteiger partial charge in [0.05, 0.1) is 12.2 Å². The van der Waals surface area contributed by atoms with Crippen LogP contribution in [0.4, 0.5) is 13.2 Å². The van der Waals surface area contributed by atoms with Gasteiger partial charge in [-0.25, -0.2) is 0 Å². The van der Waals surface area contributed by atoms with Crippen molar-refractivity contribution in [1.29, 1.82) is 5.26 Å². The summed E-state index contributed by atoms with van der Waals surface area (Å²) in [5, 5.41) is 10.3. The largest absolute Gasteiger partial charge is 0.493 e. The molecule has 2 rings (SSSR count). The number of benzene rings is 2. The molecule has 2 aromatic carbocycles. The third-order valence-electron chi connectivity index (χ3n) is 2.76. The smallest absolute Gasteiger partial charge is 0.416 e. The summed E-state index contributed by atoms with van der Waals surface area (Å²) < 4.78 is 48.3. The minimum atomic E-state index is -4.36. The van der Waals surface area contributed by atoms with Crippen molar-refractivity contribution in [1.82, 2.24) is 0 Å². The number of hydrogen-bond donors (Lipinski definition) is 0. The molecule has 0 saturated carbocycles. The van der Waals surface area contributed by atoms with E-state index in [0.717, 1.165) is 23.9 Å². The third-order valence-corrected chi connectivity index (χ3v) is 3.26. The van der Waals surface area contributed by atoms with Gasteiger partial charge >= 0.3 is 6.18 Å². The van der Waals surface area contributed by atoms with E-state index in [0.29, 0.717) is 29.6 Å². The third kappa shape index (κ3) is 5.42. The number of alkyl halides is 3. The van der Waals surface area contributed by atoms with Gasteiger partial charge in [-0.15, -0.1) is 0 Å². The van der Waals surface area contributed by atoms with E-state index in [1.807, 2.05) is 5.40 Å². The standard InChI is InChI=1S/C16H12F3NO2S/c17-16(18,19)12-1-3-14(4-2-12)22-15-7-5-13(6-8-15)21-9-10-23-11-20/h1-8H,9-10H2. The van der Waals surface area contributed by atoms with Crippen molar-refractivity contribution in [2.24, 2.45) is 0 Å². The molecule has 0 aliphatic heterocycles. The molecule has 0 N–H and O–H groups in total. The number of thiocyanates is 1. The predicted molar refractivity (Wildman–Crippen MR) is 81.5 cm³/mol. The van der Waals surface area contributed by atoms with Gasteiger partial charge in [0.1, 0.15) is 22.6 Å². The van der Waals surface area contributed by atoms with E-state index in [2.05, 4.69) is 0 Å². The van der Waals surface area contributed by atoms with Crippen molar-refractivity contribution in [3.05, 3.63) is 54.1 Å². The molecule has 0 aliphatic rings. The van der Waals surface area contributed by atoms with Crippen LogP contribution >= 0.6 is 11.8 Å². The molecule has 0 spiro atoms. The maximum absolute atomic E-state index is 12.5. The lowest BCUT2D eigenvalue weighted by Crippen LogP contribution is -2.04. The number of halogens is 3. The van der Waals surface area contributed by atoms with Crippen molar-refractivity contribution in [3.63, 3.8) is 0 Å². The highest BCUT2D eigenvalue weighted by atomic mass is 32.2. The van der Waals surface area contributed by atoms with E-state index in [1.165, 1.54) is 12.1 Å². The molecule has 0 saturated heterocycles. The molecule has 120 valence electrons. The number of hydrogen-bond acceptors (Lipinski definition) is 4. The molecule has 7 heteroatoms. The number of ether oxygens (including phenoxy) is 2. The SMILES string of the molecule is N#CSCCOc1ccc(Oc2ccc(C(F)(F)F)cc2)cc1. The Bertz CT molecular complexity index is 664. The molecule has 0 fully saturated rings. The molecule has 0 atom stereocenters. The van der Waals surface area contributed by atoms with Crippen LogP contribution in [0.15, 0.2) is 48.5 Å². The minimum absolute atomic E-state index is 0.317. The summed E-state index contributed by atoms with van der Waals surface area (Å²) in [6, 6.07) is 11.2. The molecule has 0 unspecified atom stereocenters. The number of rotatable bonds is 6. The van der Waals surface area contributed by atoms with Crippen molar-refractivity contribution >= 4 is 11.8 Å². The highest BCUT2D eigenvalue weighted by Gasteiger charge is 2.30. The van der Waals surface area contributed by atoms with E-state index in [4.69, 9.17) is 14.7 Å². The maximum Gasteiger partial charge on any atom is 0.416 e. The average molecular weight is 339 g/mol. The summed E-state index contributed by atoms with van der Waals surface area (Å²) >= 11 is 1.11. The van der Waals surface area contributed by atoms with Gasteiger partial charge in [0.2, 0.25) is 0 Å². The Morgan fingerprint density at radius 2 is 1.43 bits per heavy atom. The van der Waals surface area contributed by atoms with Gasteiger partial charge in [-0.3, -0.25) is 0 Å². The van der Waals surface area contributed by atoms with Gasteiger partial charge in [-0.1, -0.05) is 0 Å². The molecule has 2 aromatic rings. The first kappa shape index (κ1) is 17.0. The fourth-order valence-electron chi connectivity index (χ4n) is 1.70. The minimum Gasteiger partial charge on any atom is -0.493 e. The van der Waals surface area contributed by atoms with E-state index in [9.17, 15) is 13.2 Å². The summed E-state index contributed by atoms with van der Waals surface area (Å²) in [4.78, 5) is 0. The molecule has 23 heavy (non-hydrogen) atoms. The quantitative estimate of drug-likeness (QED) is 0.543. The molecule has 0 amide bonds. The Morgan fingerprint density at radius 3 is 1.96 bits per heavy atom. The highest BCUT2D eigenvalue weighted by molar-refractivity contribution is 8.03. The fourth-order valence-corrected chi connectivity index (χ4v) is 1.96. The molecule has 0 radical (unpaired) electrons. The average Bonchev–Trinajstić information content (AvgIpc) is 2.53. The van der Waals surface area contributed by atoms with Gasteiger partial charge in [-0.2, -0.15) is 18.4 Å². The van der Waals surface area contributed by atoms with E-state index < -0.39 is 11.7 Å². The van der Waals surface area contributed by atoms with Crippen molar-refractivity contribution in [3.8, 4) is 22.6 Å². The molecular formula is C16H12F3NO2S. The van der Waals surface area contributed by atoms with Gasteiger partial charge in [0.25, 0.3) is 0 Å². The second kappa shape index (κ2) is 7.79. The summed E-state index contributed by atoms with van der Waals surface area (Å²) in [6.45, 7) is 0.414. The van der Waals surface area contributed by atoms with Gasteiger partial charge in [0.15, 0.2) is 0 Å². The van der Waals surface area contributed by atoms with E-state index in [1.54, 1.807) is 24.3 Å².